The van der Waals surface area contributed by atoms with E-state index in [4.69, 9.17) is 4.42 Å². The Morgan fingerprint density at radius 3 is 2.30 bits per heavy atom. The van der Waals surface area contributed by atoms with E-state index in [1.54, 1.807) is 53.2 Å². The monoisotopic (exact) mass is 540 g/mol. The van der Waals surface area contributed by atoms with E-state index in [0.29, 0.717) is 55.4 Å². The lowest BCUT2D eigenvalue weighted by atomic mass is 10.1. The van der Waals surface area contributed by atoms with Crippen LogP contribution in [0.4, 0.5) is 15.8 Å². The predicted octanol–water partition coefficient (Wildman–Crippen LogP) is 4.91. The topological polar surface area (TPSA) is 86.1 Å². The van der Waals surface area contributed by atoms with Crippen LogP contribution in [0, 0.1) is 5.82 Å². The third-order valence-electron chi connectivity index (χ3n) is 6.85. The van der Waals surface area contributed by atoms with Crippen LogP contribution in [0.3, 0.4) is 0 Å². The minimum Gasteiger partial charge on any atom is -0.459 e. The fourth-order valence-corrected chi connectivity index (χ4v) is 4.75. The zero-order chi connectivity index (χ0) is 28.1. The summed E-state index contributed by atoms with van der Waals surface area (Å²) in [4.78, 5) is 44.6. The molecule has 0 atom stereocenters. The molecule has 1 aromatic heterocycles. The summed E-state index contributed by atoms with van der Waals surface area (Å²) in [6.07, 6.45) is 1.47. The molecule has 5 rings (SSSR count). The molecular weight excluding hydrogens is 511 g/mol. The molecule has 1 aliphatic rings. The number of carbonyl (C=O) groups is 3. The minimum atomic E-state index is -0.627. The first-order valence-corrected chi connectivity index (χ1v) is 13.0. The average molecular weight is 541 g/mol. The minimum absolute atomic E-state index is 0.0852. The van der Waals surface area contributed by atoms with Crippen molar-refractivity contribution in [3.05, 3.63) is 119 Å². The van der Waals surface area contributed by atoms with Crippen LogP contribution in [0.15, 0.2) is 95.6 Å². The molecule has 4 aromatic rings. The molecule has 0 bridgehead atoms. The molecule has 3 aromatic carbocycles. The Labute approximate surface area is 231 Å². The number of nitrogens with one attached hydrogen (secondary N) is 1. The van der Waals surface area contributed by atoms with Crippen molar-refractivity contribution in [2.75, 3.05) is 43.4 Å². The van der Waals surface area contributed by atoms with E-state index >= 15 is 0 Å². The molecule has 2 heterocycles. The van der Waals surface area contributed by atoms with E-state index in [-0.39, 0.29) is 17.4 Å². The molecule has 8 nitrogen and oxygen atoms in total. The molecular formula is C31H29FN4O4. The number of rotatable bonds is 7. The van der Waals surface area contributed by atoms with Crippen molar-refractivity contribution < 1.29 is 23.2 Å². The van der Waals surface area contributed by atoms with Gasteiger partial charge in [-0.25, -0.2) is 4.39 Å². The number of hydrogen-bond donors (Lipinski definition) is 1. The van der Waals surface area contributed by atoms with Gasteiger partial charge in [-0.2, -0.15) is 0 Å². The largest absolute Gasteiger partial charge is 0.459 e. The van der Waals surface area contributed by atoms with Crippen molar-refractivity contribution in [3.8, 4) is 0 Å². The van der Waals surface area contributed by atoms with Gasteiger partial charge in [-0.15, -0.1) is 0 Å². The highest BCUT2D eigenvalue weighted by atomic mass is 19.1. The predicted molar refractivity (Wildman–Crippen MR) is 150 cm³/mol. The van der Waals surface area contributed by atoms with E-state index in [2.05, 4.69) is 10.2 Å². The van der Waals surface area contributed by atoms with E-state index < -0.39 is 11.7 Å². The Morgan fingerprint density at radius 1 is 0.875 bits per heavy atom. The normalized spacial score (nSPS) is 13.2. The molecule has 204 valence electrons. The lowest BCUT2D eigenvalue weighted by Crippen LogP contribution is -2.49. The van der Waals surface area contributed by atoms with Crippen LogP contribution in [0.1, 0.15) is 36.8 Å². The molecule has 0 radical (unpaired) electrons. The number of carbonyl (C=O) groups excluding carboxylic acids is 3. The number of anilines is 2. The SMILES string of the molecule is CN(Cc1ccccc1)C(=O)c1cc(NC(=O)c2ccccc2F)ccc1N1CCN(C(=O)c2ccco2)CC1. The Balaban J connectivity index is 1.39. The van der Waals surface area contributed by atoms with Gasteiger partial charge >= 0.3 is 0 Å². The van der Waals surface area contributed by atoms with Crippen LogP contribution < -0.4 is 10.2 Å². The van der Waals surface area contributed by atoms with Gasteiger partial charge in [0.25, 0.3) is 17.7 Å². The molecule has 1 fully saturated rings. The third-order valence-corrected chi connectivity index (χ3v) is 6.85. The summed E-state index contributed by atoms with van der Waals surface area (Å²) in [5.41, 5.74) is 2.36. The molecule has 0 spiro atoms. The highest BCUT2D eigenvalue weighted by Gasteiger charge is 2.27. The Kier molecular flexibility index (Phi) is 7.91. The summed E-state index contributed by atoms with van der Waals surface area (Å²) < 4.78 is 19.4. The number of benzene rings is 3. The third kappa shape index (κ3) is 5.88. The first-order chi connectivity index (χ1) is 19.4. The van der Waals surface area contributed by atoms with E-state index in [1.165, 1.54) is 24.5 Å². The number of furan rings is 1. The second kappa shape index (κ2) is 11.9. The van der Waals surface area contributed by atoms with Gasteiger partial charge in [0.2, 0.25) is 0 Å². The van der Waals surface area contributed by atoms with Crippen molar-refractivity contribution in [3.63, 3.8) is 0 Å². The van der Waals surface area contributed by atoms with Gasteiger partial charge in [0, 0.05) is 51.1 Å². The van der Waals surface area contributed by atoms with Gasteiger partial charge in [-0.3, -0.25) is 14.4 Å². The number of piperazine rings is 1. The molecule has 0 aliphatic carbocycles. The standard InChI is InChI=1S/C31H29FN4O4/c1-34(21-22-8-3-2-4-9-22)30(38)25-20-23(33-29(37)24-10-5-6-11-26(24)32)13-14-27(25)35-15-17-36(18-16-35)31(39)28-12-7-19-40-28/h2-14,19-20H,15-18,21H2,1H3,(H,33,37). The van der Waals surface area contributed by atoms with Gasteiger partial charge in [-0.05, 0) is 48.0 Å². The fraction of sp³-hybridized carbons (Fsp3) is 0.194. The molecule has 40 heavy (non-hydrogen) atoms. The van der Waals surface area contributed by atoms with Gasteiger partial charge in [0.1, 0.15) is 5.82 Å². The van der Waals surface area contributed by atoms with Crippen molar-refractivity contribution in [2.24, 2.45) is 0 Å². The van der Waals surface area contributed by atoms with Gasteiger partial charge in [0.15, 0.2) is 5.76 Å². The van der Waals surface area contributed by atoms with E-state index in [0.717, 1.165) is 5.56 Å². The maximum atomic E-state index is 14.2. The zero-order valence-electron chi connectivity index (χ0n) is 22.0. The van der Waals surface area contributed by atoms with Gasteiger partial charge in [-0.1, -0.05) is 42.5 Å². The first kappa shape index (κ1) is 26.7. The molecule has 1 N–H and O–H groups in total. The second-order valence-corrected chi connectivity index (χ2v) is 9.57. The van der Waals surface area contributed by atoms with E-state index in [9.17, 15) is 18.8 Å². The van der Waals surface area contributed by atoms with Crippen LogP contribution >= 0.6 is 0 Å². The van der Waals surface area contributed by atoms with Crippen molar-refractivity contribution in [1.29, 1.82) is 0 Å². The number of hydrogen-bond acceptors (Lipinski definition) is 5. The van der Waals surface area contributed by atoms with Crippen LogP contribution in [0.2, 0.25) is 0 Å². The number of nitrogens with zero attached hydrogens (tertiary/aromatic N) is 3. The summed E-state index contributed by atoms with van der Waals surface area (Å²) >= 11 is 0. The zero-order valence-corrected chi connectivity index (χ0v) is 22.0. The lowest BCUT2D eigenvalue weighted by molar-refractivity contribution is 0.0712. The molecule has 0 saturated carbocycles. The molecule has 1 aliphatic heterocycles. The molecule has 0 unspecified atom stereocenters. The maximum absolute atomic E-state index is 14.2. The Hall–Kier alpha value is -4.92. The van der Waals surface area contributed by atoms with Crippen LogP contribution in [0.25, 0.3) is 0 Å². The Bertz CT molecular complexity index is 1500. The fourth-order valence-electron chi connectivity index (χ4n) is 4.75. The smallest absolute Gasteiger partial charge is 0.289 e. The van der Waals surface area contributed by atoms with Crippen LogP contribution in [-0.2, 0) is 6.54 Å². The molecule has 3 amide bonds. The van der Waals surface area contributed by atoms with Gasteiger partial charge < -0.3 is 24.4 Å². The Morgan fingerprint density at radius 2 is 1.60 bits per heavy atom. The highest BCUT2D eigenvalue weighted by molar-refractivity contribution is 6.06. The van der Waals surface area contributed by atoms with Crippen molar-refractivity contribution in [2.45, 2.75) is 6.54 Å². The quantitative estimate of drug-likeness (QED) is 0.360. The summed E-state index contributed by atoms with van der Waals surface area (Å²) in [6, 6.07) is 23.8. The second-order valence-electron chi connectivity index (χ2n) is 9.57. The maximum Gasteiger partial charge on any atom is 0.289 e. The van der Waals surface area contributed by atoms with Gasteiger partial charge in [0.05, 0.1) is 17.4 Å². The molecule has 1 saturated heterocycles. The lowest BCUT2D eigenvalue weighted by Gasteiger charge is -2.37. The molecule has 9 heteroatoms. The summed E-state index contributed by atoms with van der Waals surface area (Å²) in [5, 5.41) is 2.72. The summed E-state index contributed by atoms with van der Waals surface area (Å²) in [6.45, 7) is 2.33. The average Bonchev–Trinajstić information content (AvgIpc) is 3.52. The first-order valence-electron chi connectivity index (χ1n) is 13.0. The summed E-state index contributed by atoms with van der Waals surface area (Å²) in [5.74, 6) is -1.34. The summed E-state index contributed by atoms with van der Waals surface area (Å²) in [7, 11) is 1.73. The van der Waals surface area contributed by atoms with Crippen LogP contribution in [0.5, 0.6) is 0 Å². The highest BCUT2D eigenvalue weighted by Crippen LogP contribution is 2.28. The van der Waals surface area contributed by atoms with E-state index in [1.807, 2.05) is 30.3 Å². The number of halogens is 1. The van der Waals surface area contributed by atoms with Crippen molar-refractivity contribution >= 4 is 29.1 Å². The van der Waals surface area contributed by atoms with Crippen molar-refractivity contribution in [1.82, 2.24) is 9.80 Å². The van der Waals surface area contributed by atoms with Crippen LogP contribution in [-0.4, -0.2) is 60.7 Å². The number of amides is 3.